The Bertz CT molecular complexity index is 592. The molecule has 0 amide bonds. The van der Waals surface area contributed by atoms with Gasteiger partial charge in [-0.05, 0) is 40.5 Å². The molecule has 0 spiro atoms. The Balaban J connectivity index is 2.30. The minimum Gasteiger partial charge on any atom is -0.346 e. The number of nitrogens with one attached hydrogen (secondary N) is 1. The van der Waals surface area contributed by atoms with Gasteiger partial charge in [-0.25, -0.2) is 9.37 Å². The molecule has 1 aromatic carbocycles. The summed E-state index contributed by atoms with van der Waals surface area (Å²) in [5.74, 6) is 0.545. The van der Waals surface area contributed by atoms with Crippen LogP contribution in [0.25, 0.3) is 0 Å². The third-order valence-corrected chi connectivity index (χ3v) is 3.90. The summed E-state index contributed by atoms with van der Waals surface area (Å²) in [6.45, 7) is 1.93. The summed E-state index contributed by atoms with van der Waals surface area (Å²) in [5, 5.41) is 0. The highest BCUT2D eigenvalue weighted by atomic mass is 79.9. The molecule has 0 bridgehead atoms. The maximum atomic E-state index is 12.8. The molecule has 0 saturated heterocycles. The zero-order valence-corrected chi connectivity index (χ0v) is 11.5. The van der Waals surface area contributed by atoms with Gasteiger partial charge in [0, 0.05) is 12.1 Å². The van der Waals surface area contributed by atoms with Gasteiger partial charge in [-0.1, -0.05) is 24.4 Å². The second kappa shape index (κ2) is 5.06. The van der Waals surface area contributed by atoms with Crippen LogP contribution in [-0.2, 0) is 6.42 Å². The molecule has 0 atom stereocenters. The number of hydrogen-bond acceptors (Lipinski definition) is 2. The van der Waals surface area contributed by atoms with E-state index in [0.717, 1.165) is 21.6 Å². The normalized spacial score (nSPS) is 10.5. The lowest BCUT2D eigenvalue weighted by molar-refractivity contribution is 0.627. The Morgan fingerprint density at radius 3 is 2.59 bits per heavy atom. The van der Waals surface area contributed by atoms with Crippen molar-refractivity contribution in [3.05, 3.63) is 56.3 Å². The largest absolute Gasteiger partial charge is 0.346 e. The fraction of sp³-hybridized carbons (Fsp3) is 0.167. The maximum absolute atomic E-state index is 12.8. The highest BCUT2D eigenvalue weighted by Gasteiger charge is 2.03. The molecular weight excluding hydrogens is 303 g/mol. The van der Waals surface area contributed by atoms with E-state index in [9.17, 15) is 4.39 Å². The molecule has 0 aliphatic carbocycles. The molecule has 0 radical (unpaired) electrons. The van der Waals surface area contributed by atoms with Crippen molar-refractivity contribution in [2.75, 3.05) is 0 Å². The highest BCUT2D eigenvalue weighted by Crippen LogP contribution is 2.16. The van der Waals surface area contributed by atoms with Crippen LogP contribution in [-0.4, -0.2) is 9.97 Å². The second-order valence-electron chi connectivity index (χ2n) is 3.73. The molecule has 17 heavy (non-hydrogen) atoms. The van der Waals surface area contributed by atoms with Gasteiger partial charge < -0.3 is 4.98 Å². The van der Waals surface area contributed by atoms with Gasteiger partial charge in [0.2, 0.25) is 0 Å². The van der Waals surface area contributed by atoms with Gasteiger partial charge in [-0.15, -0.1) is 0 Å². The van der Waals surface area contributed by atoms with Gasteiger partial charge in [0.1, 0.15) is 16.3 Å². The molecule has 1 N–H and O–H groups in total. The van der Waals surface area contributed by atoms with Crippen LogP contribution in [0.5, 0.6) is 0 Å². The fourth-order valence-corrected chi connectivity index (χ4v) is 1.96. The molecule has 0 fully saturated rings. The smallest absolute Gasteiger partial charge is 0.144 e. The van der Waals surface area contributed by atoms with Crippen LogP contribution in [0.2, 0.25) is 0 Å². The Hall–Kier alpha value is -1.07. The molecule has 1 heterocycles. The molecule has 88 valence electrons. The van der Waals surface area contributed by atoms with E-state index < -0.39 is 0 Å². The summed E-state index contributed by atoms with van der Waals surface area (Å²) in [7, 11) is 0. The quantitative estimate of drug-likeness (QED) is 0.851. The molecule has 0 saturated carbocycles. The van der Waals surface area contributed by atoms with Crippen molar-refractivity contribution in [2.45, 2.75) is 13.3 Å². The van der Waals surface area contributed by atoms with Gasteiger partial charge in [0.25, 0.3) is 0 Å². The topological polar surface area (TPSA) is 28.7 Å². The summed E-state index contributed by atoms with van der Waals surface area (Å²) in [5.41, 5.74) is 1.94. The Morgan fingerprint density at radius 2 is 2.00 bits per heavy atom. The van der Waals surface area contributed by atoms with Crippen molar-refractivity contribution in [3.63, 3.8) is 0 Å². The lowest BCUT2D eigenvalue weighted by Crippen LogP contribution is -2.00. The van der Waals surface area contributed by atoms with Crippen molar-refractivity contribution >= 4 is 28.1 Å². The molecule has 0 aliphatic rings. The minimum absolute atomic E-state index is 0.235. The lowest BCUT2D eigenvalue weighted by atomic mass is 10.1. The lowest BCUT2D eigenvalue weighted by Gasteiger charge is -2.05. The van der Waals surface area contributed by atoms with E-state index in [2.05, 4.69) is 25.9 Å². The van der Waals surface area contributed by atoms with Gasteiger partial charge in [0.15, 0.2) is 0 Å². The highest BCUT2D eigenvalue weighted by molar-refractivity contribution is 9.10. The summed E-state index contributed by atoms with van der Waals surface area (Å²) in [4.78, 5) is 7.43. The molecule has 2 rings (SSSR count). The first-order chi connectivity index (χ1) is 8.06. The third-order valence-electron chi connectivity index (χ3n) is 2.37. The van der Waals surface area contributed by atoms with E-state index in [-0.39, 0.29) is 5.82 Å². The Kier molecular flexibility index (Phi) is 3.69. The van der Waals surface area contributed by atoms with Crippen LogP contribution >= 0.6 is 28.1 Å². The molecule has 0 aliphatic heterocycles. The van der Waals surface area contributed by atoms with Crippen LogP contribution in [0.3, 0.4) is 0 Å². The monoisotopic (exact) mass is 312 g/mol. The van der Waals surface area contributed by atoms with E-state index in [1.165, 1.54) is 12.1 Å². The first-order valence-corrected chi connectivity index (χ1v) is 6.26. The first kappa shape index (κ1) is 12.4. The number of benzene rings is 1. The summed E-state index contributed by atoms with van der Waals surface area (Å²) < 4.78 is 14.1. The zero-order chi connectivity index (χ0) is 12.4. The Morgan fingerprint density at radius 1 is 1.35 bits per heavy atom. The molecule has 0 unspecified atom stereocenters. The van der Waals surface area contributed by atoms with Crippen LogP contribution in [0.4, 0.5) is 4.39 Å². The molecule has 5 heteroatoms. The zero-order valence-electron chi connectivity index (χ0n) is 9.13. The average molecular weight is 313 g/mol. The SMILES string of the molecule is Cc1[nH]c(Cc2ccc(F)cc2)nc(=S)c1Br. The predicted octanol–water partition coefficient (Wildman–Crippen LogP) is 3.94. The van der Waals surface area contributed by atoms with Gasteiger partial charge in [0.05, 0.1) is 4.47 Å². The predicted molar refractivity (Wildman–Crippen MR) is 71.1 cm³/mol. The van der Waals surface area contributed by atoms with E-state index in [1.54, 1.807) is 12.1 Å². The number of aromatic amines is 1. The van der Waals surface area contributed by atoms with Crippen LogP contribution in [0, 0.1) is 17.4 Å². The van der Waals surface area contributed by atoms with Crippen LogP contribution < -0.4 is 0 Å². The standard InChI is InChI=1S/C12H10BrFN2S/c1-7-11(13)12(17)16-10(15-7)6-8-2-4-9(14)5-3-8/h2-5H,6H2,1H3,(H,15,16,17). The number of aromatic nitrogens is 2. The number of H-pyrrole nitrogens is 1. The third kappa shape index (κ3) is 2.98. The van der Waals surface area contributed by atoms with Gasteiger partial charge in [-0.2, -0.15) is 0 Å². The molecule has 2 aromatic rings. The van der Waals surface area contributed by atoms with Crippen molar-refractivity contribution < 1.29 is 4.39 Å². The Labute approximate surface area is 112 Å². The van der Waals surface area contributed by atoms with Crippen molar-refractivity contribution in [3.8, 4) is 0 Å². The number of rotatable bonds is 2. The summed E-state index contributed by atoms with van der Waals surface area (Å²) >= 11 is 8.49. The van der Waals surface area contributed by atoms with Crippen LogP contribution in [0.15, 0.2) is 28.7 Å². The molecular formula is C12H10BrFN2S. The first-order valence-electron chi connectivity index (χ1n) is 5.06. The fourth-order valence-electron chi connectivity index (χ4n) is 1.51. The van der Waals surface area contributed by atoms with Gasteiger partial charge in [-0.3, -0.25) is 0 Å². The molecule has 2 nitrogen and oxygen atoms in total. The van der Waals surface area contributed by atoms with E-state index in [1.807, 2.05) is 6.92 Å². The minimum atomic E-state index is -0.235. The second-order valence-corrected chi connectivity index (χ2v) is 4.91. The summed E-state index contributed by atoms with van der Waals surface area (Å²) in [6.07, 6.45) is 0.609. The van der Waals surface area contributed by atoms with Crippen molar-refractivity contribution in [2.24, 2.45) is 0 Å². The maximum Gasteiger partial charge on any atom is 0.144 e. The van der Waals surface area contributed by atoms with E-state index in [0.29, 0.717) is 11.1 Å². The van der Waals surface area contributed by atoms with E-state index in [4.69, 9.17) is 12.2 Å². The average Bonchev–Trinajstić information content (AvgIpc) is 2.29. The summed E-state index contributed by atoms with van der Waals surface area (Å²) in [6, 6.07) is 6.36. The van der Waals surface area contributed by atoms with Crippen LogP contribution in [0.1, 0.15) is 17.1 Å². The van der Waals surface area contributed by atoms with E-state index >= 15 is 0 Å². The van der Waals surface area contributed by atoms with Crippen molar-refractivity contribution in [1.29, 1.82) is 0 Å². The van der Waals surface area contributed by atoms with Crippen molar-refractivity contribution in [1.82, 2.24) is 9.97 Å². The number of nitrogens with zero attached hydrogens (tertiary/aromatic N) is 1. The number of aryl methyl sites for hydroxylation is 1. The number of hydrogen-bond donors (Lipinski definition) is 1. The number of halogens is 2. The van der Waals surface area contributed by atoms with Gasteiger partial charge >= 0.3 is 0 Å². The molecule has 1 aromatic heterocycles.